The molecule has 0 radical (unpaired) electrons. The van der Waals surface area contributed by atoms with Gasteiger partial charge in [-0.1, -0.05) is 23.7 Å². The van der Waals surface area contributed by atoms with Crippen molar-refractivity contribution in [3.8, 4) is 5.75 Å². The molecule has 1 fully saturated rings. The molecule has 0 atom stereocenters. The summed E-state index contributed by atoms with van der Waals surface area (Å²) in [6.07, 6.45) is 3.54. The number of carbonyl (C=O) groups is 1. The highest BCUT2D eigenvalue weighted by molar-refractivity contribution is 6.31. The fourth-order valence-electron chi connectivity index (χ4n) is 4.12. The Balaban J connectivity index is 1.35. The zero-order chi connectivity index (χ0) is 22.0. The number of methoxy groups -OCH3 is 1. The molecular weight excluding hydrogens is 418 g/mol. The van der Waals surface area contributed by atoms with Crippen LogP contribution in [0.2, 0.25) is 5.15 Å². The number of anilines is 2. The number of hydrogen-bond acceptors (Lipinski definition) is 8. The van der Waals surface area contributed by atoms with Crippen molar-refractivity contribution in [1.29, 1.82) is 0 Å². The van der Waals surface area contributed by atoms with Crippen LogP contribution >= 0.6 is 11.6 Å². The predicted molar refractivity (Wildman–Crippen MR) is 120 cm³/mol. The van der Waals surface area contributed by atoms with Gasteiger partial charge in [-0.3, -0.25) is 14.7 Å². The van der Waals surface area contributed by atoms with Crippen molar-refractivity contribution in [3.05, 3.63) is 40.7 Å². The standard InChI is InChI=1S/C21H26ClN7O2/c1-31-14-4-2-13(3-5-14)12-29-10-8-21(9-11-29)7-6-15(28-21)25-20(30)16-18(23)27-19(24)17(22)26-16/h2-5H,6-12H2,1H3,(H4,23,24,27)(H,25,28,30). The molecule has 1 aromatic heterocycles. The molecule has 2 aromatic rings. The zero-order valence-corrected chi connectivity index (χ0v) is 18.2. The first kappa shape index (κ1) is 21.3. The normalized spacial score (nSPS) is 18.1. The van der Waals surface area contributed by atoms with Crippen LogP contribution in [0.15, 0.2) is 29.3 Å². The molecule has 9 nitrogen and oxygen atoms in total. The molecule has 1 aromatic carbocycles. The highest BCUT2D eigenvalue weighted by Gasteiger charge is 2.38. The molecule has 2 aliphatic rings. The number of amides is 1. The smallest absolute Gasteiger partial charge is 0.279 e. The summed E-state index contributed by atoms with van der Waals surface area (Å²) in [6.45, 7) is 2.83. The van der Waals surface area contributed by atoms with Gasteiger partial charge in [0.05, 0.1) is 12.6 Å². The molecule has 0 aliphatic carbocycles. The monoisotopic (exact) mass is 443 g/mol. The van der Waals surface area contributed by atoms with Gasteiger partial charge >= 0.3 is 0 Å². The lowest BCUT2D eigenvalue weighted by atomic mass is 9.86. The number of carbonyl (C=O) groups excluding carboxylic acids is 1. The molecule has 1 spiro atoms. The van der Waals surface area contributed by atoms with E-state index in [1.807, 2.05) is 12.1 Å². The third-order valence-corrected chi connectivity index (χ3v) is 6.21. The van der Waals surface area contributed by atoms with Gasteiger partial charge in [0.25, 0.3) is 5.91 Å². The van der Waals surface area contributed by atoms with E-state index >= 15 is 0 Å². The number of hydrogen-bond donors (Lipinski definition) is 3. The predicted octanol–water partition coefficient (Wildman–Crippen LogP) is 2.26. The van der Waals surface area contributed by atoms with Gasteiger partial charge in [0.15, 0.2) is 22.5 Å². The molecule has 0 unspecified atom stereocenters. The average Bonchev–Trinajstić information content (AvgIpc) is 3.15. The first-order chi connectivity index (χ1) is 14.9. The Bertz CT molecular complexity index is 1000. The summed E-state index contributed by atoms with van der Waals surface area (Å²) in [5.74, 6) is 0.987. The van der Waals surface area contributed by atoms with Crippen molar-refractivity contribution in [1.82, 2.24) is 20.2 Å². The van der Waals surface area contributed by atoms with E-state index in [9.17, 15) is 4.79 Å². The van der Waals surface area contributed by atoms with E-state index in [2.05, 4.69) is 32.3 Å². The number of aliphatic imine (C=N–C) groups is 1. The Morgan fingerprint density at radius 1 is 1.16 bits per heavy atom. The van der Waals surface area contributed by atoms with E-state index in [4.69, 9.17) is 32.8 Å². The minimum atomic E-state index is -0.473. The zero-order valence-electron chi connectivity index (χ0n) is 17.4. The highest BCUT2D eigenvalue weighted by atomic mass is 35.5. The van der Waals surface area contributed by atoms with Gasteiger partial charge in [-0.2, -0.15) is 0 Å². The van der Waals surface area contributed by atoms with Crippen LogP contribution in [0.3, 0.4) is 0 Å². The summed E-state index contributed by atoms with van der Waals surface area (Å²) in [7, 11) is 1.67. The van der Waals surface area contributed by atoms with Crippen LogP contribution in [0.25, 0.3) is 0 Å². The molecule has 1 amide bonds. The van der Waals surface area contributed by atoms with Gasteiger partial charge in [0.2, 0.25) is 0 Å². The second-order valence-electron chi connectivity index (χ2n) is 7.99. The molecular formula is C21H26ClN7O2. The Kier molecular flexibility index (Phi) is 5.97. The summed E-state index contributed by atoms with van der Waals surface area (Å²) in [6, 6.07) is 8.18. The third kappa shape index (κ3) is 4.72. The van der Waals surface area contributed by atoms with E-state index in [0.717, 1.165) is 44.6 Å². The number of amidine groups is 1. The minimum absolute atomic E-state index is 0.00530. The number of halogens is 1. The van der Waals surface area contributed by atoms with Crippen molar-refractivity contribution in [2.45, 2.75) is 37.8 Å². The van der Waals surface area contributed by atoms with Crippen LogP contribution < -0.4 is 21.5 Å². The average molecular weight is 444 g/mol. The molecule has 0 saturated carbocycles. The SMILES string of the molecule is COc1ccc(CN2CCC3(CCC(NC(=O)c4nc(Cl)c(N)nc4N)=N3)CC2)cc1. The van der Waals surface area contributed by atoms with Crippen LogP contribution in [0.5, 0.6) is 5.75 Å². The second-order valence-corrected chi connectivity index (χ2v) is 8.35. The number of aromatic nitrogens is 2. The molecule has 3 heterocycles. The van der Waals surface area contributed by atoms with Gasteiger partial charge in [0, 0.05) is 26.1 Å². The van der Waals surface area contributed by atoms with Crippen LogP contribution in [-0.4, -0.2) is 52.3 Å². The molecule has 4 rings (SSSR count). The van der Waals surface area contributed by atoms with E-state index in [0.29, 0.717) is 12.3 Å². The Hall–Kier alpha value is -2.91. The van der Waals surface area contributed by atoms with Crippen molar-refractivity contribution in [3.63, 3.8) is 0 Å². The van der Waals surface area contributed by atoms with E-state index < -0.39 is 5.91 Å². The van der Waals surface area contributed by atoms with Crippen LogP contribution in [-0.2, 0) is 6.54 Å². The Morgan fingerprint density at radius 2 is 1.87 bits per heavy atom. The lowest BCUT2D eigenvalue weighted by Crippen LogP contribution is -2.41. The number of nitrogens with two attached hydrogens (primary N) is 2. The Labute approximate surface area is 185 Å². The number of nitrogens with zero attached hydrogens (tertiary/aromatic N) is 4. The van der Waals surface area contributed by atoms with Gasteiger partial charge in [-0.05, 0) is 37.0 Å². The van der Waals surface area contributed by atoms with Crippen LogP contribution in [0.1, 0.15) is 41.7 Å². The first-order valence-corrected chi connectivity index (χ1v) is 10.6. The lowest BCUT2D eigenvalue weighted by molar-refractivity contribution is 0.0972. The fraction of sp³-hybridized carbons (Fsp3) is 0.429. The van der Waals surface area contributed by atoms with E-state index in [1.165, 1.54) is 5.56 Å². The molecule has 5 N–H and O–H groups in total. The number of rotatable bonds is 4. The summed E-state index contributed by atoms with van der Waals surface area (Å²) in [5, 5.41) is 2.77. The lowest BCUT2D eigenvalue weighted by Gasteiger charge is -2.37. The number of nitrogens with one attached hydrogen (secondary N) is 1. The number of piperidine rings is 1. The van der Waals surface area contributed by atoms with Gasteiger partial charge in [-0.25, -0.2) is 9.97 Å². The highest BCUT2D eigenvalue weighted by Crippen LogP contribution is 2.36. The topological polar surface area (TPSA) is 132 Å². The van der Waals surface area contributed by atoms with E-state index in [-0.39, 0.29) is 28.0 Å². The third-order valence-electron chi connectivity index (χ3n) is 5.93. The maximum Gasteiger partial charge on any atom is 0.279 e. The van der Waals surface area contributed by atoms with Gasteiger partial charge in [0.1, 0.15) is 11.6 Å². The first-order valence-electron chi connectivity index (χ1n) is 10.2. The number of likely N-dealkylation sites (tertiary alicyclic amines) is 1. The fourth-order valence-corrected chi connectivity index (χ4v) is 4.24. The molecule has 0 bridgehead atoms. The van der Waals surface area contributed by atoms with E-state index in [1.54, 1.807) is 7.11 Å². The molecule has 164 valence electrons. The summed E-state index contributed by atoms with van der Waals surface area (Å²) in [4.78, 5) is 27.7. The summed E-state index contributed by atoms with van der Waals surface area (Å²) in [5.41, 5.74) is 12.4. The minimum Gasteiger partial charge on any atom is -0.497 e. The molecule has 31 heavy (non-hydrogen) atoms. The van der Waals surface area contributed by atoms with Gasteiger partial charge < -0.3 is 21.5 Å². The van der Waals surface area contributed by atoms with Crippen molar-refractivity contribution >= 4 is 35.0 Å². The van der Waals surface area contributed by atoms with Crippen LogP contribution in [0, 0.1) is 0 Å². The molecule has 10 heteroatoms. The largest absolute Gasteiger partial charge is 0.497 e. The number of benzene rings is 1. The number of ether oxygens (including phenoxy) is 1. The maximum absolute atomic E-state index is 12.6. The van der Waals surface area contributed by atoms with Gasteiger partial charge in [-0.15, -0.1) is 0 Å². The molecule has 1 saturated heterocycles. The maximum atomic E-state index is 12.6. The second kappa shape index (κ2) is 8.68. The van der Waals surface area contributed by atoms with Crippen molar-refractivity contribution in [2.24, 2.45) is 4.99 Å². The van der Waals surface area contributed by atoms with Crippen LogP contribution in [0.4, 0.5) is 11.6 Å². The number of nitrogen functional groups attached to an aromatic ring is 2. The van der Waals surface area contributed by atoms with Crippen molar-refractivity contribution < 1.29 is 9.53 Å². The summed E-state index contributed by atoms with van der Waals surface area (Å²) < 4.78 is 5.22. The van der Waals surface area contributed by atoms with Crippen molar-refractivity contribution in [2.75, 3.05) is 31.7 Å². The quantitative estimate of drug-likeness (QED) is 0.660. The Morgan fingerprint density at radius 3 is 2.55 bits per heavy atom. The summed E-state index contributed by atoms with van der Waals surface area (Å²) >= 11 is 5.87. The molecule has 2 aliphatic heterocycles.